The van der Waals surface area contributed by atoms with E-state index in [4.69, 9.17) is 0 Å². The van der Waals surface area contributed by atoms with Gasteiger partial charge in [0, 0.05) is 0 Å². The first-order valence-electron chi connectivity index (χ1n) is 6.65. The minimum atomic E-state index is -0.358. The first-order valence-corrected chi connectivity index (χ1v) is 7.46. The molecule has 0 N–H and O–H groups in total. The molecule has 0 unspecified atom stereocenters. The fourth-order valence-corrected chi connectivity index (χ4v) is 2.94. The summed E-state index contributed by atoms with van der Waals surface area (Å²) in [5.74, 6) is -0.701. The lowest BCUT2D eigenvalue weighted by atomic mass is 10.2. The Labute approximate surface area is 131 Å². The van der Waals surface area contributed by atoms with E-state index < -0.39 is 0 Å². The molecule has 0 radical (unpaired) electrons. The van der Waals surface area contributed by atoms with Gasteiger partial charge < -0.3 is 0 Å². The van der Waals surface area contributed by atoms with Crippen LogP contribution < -0.4 is 4.90 Å². The number of amides is 2. The smallest absolute Gasteiger partial charge is 0.268 e. The number of benzene rings is 2. The van der Waals surface area contributed by atoms with Crippen LogP contribution in [0.2, 0.25) is 0 Å². The highest BCUT2D eigenvalue weighted by molar-refractivity contribution is 8.19. The summed E-state index contributed by atoms with van der Waals surface area (Å²) in [4.78, 5) is 26.0. The molecule has 3 rings (SSSR count). The Morgan fingerprint density at radius 2 is 1.64 bits per heavy atom. The highest BCUT2D eigenvalue weighted by Crippen LogP contribution is 2.35. The molecule has 2 amide bonds. The minimum Gasteiger partial charge on any atom is -0.268 e. The molecule has 1 heterocycles. The van der Waals surface area contributed by atoms with Crippen LogP contribution in [-0.4, -0.2) is 11.1 Å². The Balaban J connectivity index is 1.91. The molecule has 2 aromatic rings. The third kappa shape index (κ3) is 2.80. The van der Waals surface area contributed by atoms with E-state index >= 15 is 0 Å². The van der Waals surface area contributed by atoms with Gasteiger partial charge in [-0.1, -0.05) is 29.8 Å². The van der Waals surface area contributed by atoms with Gasteiger partial charge in [0.1, 0.15) is 5.82 Å². The lowest BCUT2D eigenvalue weighted by Crippen LogP contribution is -2.27. The quantitative estimate of drug-likeness (QED) is 0.772. The SMILES string of the molecule is Cc1ccc(N2C(=O)S/C(=C\c3ccc(F)cc3)C2=O)cc1. The number of anilines is 1. The molecule has 1 fully saturated rings. The molecule has 0 saturated carbocycles. The summed E-state index contributed by atoms with van der Waals surface area (Å²) in [6.45, 7) is 1.94. The van der Waals surface area contributed by atoms with Crippen molar-refractivity contribution >= 4 is 34.7 Å². The van der Waals surface area contributed by atoms with Crippen molar-refractivity contribution in [3.05, 3.63) is 70.4 Å². The molecule has 22 heavy (non-hydrogen) atoms. The molecule has 0 aromatic heterocycles. The zero-order valence-electron chi connectivity index (χ0n) is 11.7. The number of halogens is 1. The van der Waals surface area contributed by atoms with Crippen molar-refractivity contribution < 1.29 is 14.0 Å². The van der Waals surface area contributed by atoms with Gasteiger partial charge in [0.2, 0.25) is 0 Å². The van der Waals surface area contributed by atoms with Crippen LogP contribution in [0.1, 0.15) is 11.1 Å². The van der Waals surface area contributed by atoms with Crippen LogP contribution in [0.4, 0.5) is 14.9 Å². The molecule has 0 aliphatic carbocycles. The third-order valence-corrected chi connectivity index (χ3v) is 4.12. The van der Waals surface area contributed by atoms with Gasteiger partial charge in [0.15, 0.2) is 0 Å². The first-order chi connectivity index (χ1) is 10.5. The Kier molecular flexibility index (Phi) is 3.81. The molecule has 0 spiro atoms. The number of thioether (sulfide) groups is 1. The average molecular weight is 313 g/mol. The number of imide groups is 1. The summed E-state index contributed by atoms with van der Waals surface area (Å²) in [6.07, 6.45) is 1.60. The maximum atomic E-state index is 12.9. The van der Waals surface area contributed by atoms with Gasteiger partial charge in [-0.15, -0.1) is 0 Å². The van der Waals surface area contributed by atoms with Crippen molar-refractivity contribution in [1.82, 2.24) is 0 Å². The number of carbonyl (C=O) groups is 2. The summed E-state index contributed by atoms with van der Waals surface area (Å²) >= 11 is 0.885. The molecular weight excluding hydrogens is 301 g/mol. The molecule has 1 aliphatic heterocycles. The summed E-state index contributed by atoms with van der Waals surface area (Å²) in [7, 11) is 0. The van der Waals surface area contributed by atoms with E-state index in [0.29, 0.717) is 16.2 Å². The Morgan fingerprint density at radius 1 is 1.00 bits per heavy atom. The van der Waals surface area contributed by atoms with Crippen LogP contribution in [0.5, 0.6) is 0 Å². The number of rotatable bonds is 2. The molecule has 0 bridgehead atoms. The molecular formula is C17H12FNO2S. The van der Waals surface area contributed by atoms with Gasteiger partial charge in [-0.2, -0.15) is 0 Å². The highest BCUT2D eigenvalue weighted by atomic mass is 32.2. The lowest BCUT2D eigenvalue weighted by molar-refractivity contribution is -0.113. The first kappa shape index (κ1) is 14.5. The summed E-state index contributed by atoms with van der Waals surface area (Å²) in [6, 6.07) is 12.9. The standard InChI is InChI=1S/C17H12FNO2S/c1-11-2-8-14(9-3-11)19-16(20)15(22-17(19)21)10-12-4-6-13(18)7-5-12/h2-10H,1H3/b15-10-. The van der Waals surface area contributed by atoms with Crippen LogP contribution in [0.25, 0.3) is 6.08 Å². The summed E-state index contributed by atoms with van der Waals surface area (Å²) < 4.78 is 12.9. The molecule has 2 aromatic carbocycles. The van der Waals surface area contributed by atoms with Gasteiger partial charge in [-0.3, -0.25) is 9.59 Å². The van der Waals surface area contributed by atoms with Crippen LogP contribution in [0.15, 0.2) is 53.4 Å². The van der Waals surface area contributed by atoms with E-state index in [9.17, 15) is 14.0 Å². The Morgan fingerprint density at radius 3 is 2.27 bits per heavy atom. The fourth-order valence-electron chi connectivity index (χ4n) is 2.09. The number of hydrogen-bond acceptors (Lipinski definition) is 3. The van der Waals surface area contributed by atoms with E-state index in [1.54, 1.807) is 30.3 Å². The van der Waals surface area contributed by atoms with Gasteiger partial charge in [-0.25, -0.2) is 9.29 Å². The number of aryl methyl sites for hydroxylation is 1. The lowest BCUT2D eigenvalue weighted by Gasteiger charge is -2.12. The van der Waals surface area contributed by atoms with Crippen molar-refractivity contribution in [2.45, 2.75) is 6.92 Å². The van der Waals surface area contributed by atoms with E-state index in [1.807, 2.05) is 19.1 Å². The molecule has 3 nitrogen and oxygen atoms in total. The van der Waals surface area contributed by atoms with Gasteiger partial charge >= 0.3 is 0 Å². The maximum Gasteiger partial charge on any atom is 0.298 e. The zero-order chi connectivity index (χ0) is 15.7. The van der Waals surface area contributed by atoms with Crippen molar-refractivity contribution in [3.63, 3.8) is 0 Å². The predicted molar refractivity (Wildman–Crippen MR) is 86.0 cm³/mol. The van der Waals surface area contributed by atoms with E-state index in [0.717, 1.165) is 22.2 Å². The van der Waals surface area contributed by atoms with E-state index in [2.05, 4.69) is 0 Å². The second kappa shape index (κ2) is 5.77. The van der Waals surface area contributed by atoms with Crippen LogP contribution in [-0.2, 0) is 4.79 Å². The monoisotopic (exact) mass is 313 g/mol. The number of nitrogens with zero attached hydrogens (tertiary/aromatic N) is 1. The fraction of sp³-hybridized carbons (Fsp3) is 0.0588. The normalized spacial score (nSPS) is 16.6. The van der Waals surface area contributed by atoms with Gasteiger partial charge in [0.25, 0.3) is 11.1 Å². The third-order valence-electron chi connectivity index (χ3n) is 3.25. The minimum absolute atomic E-state index is 0.331. The van der Waals surface area contributed by atoms with E-state index in [1.165, 1.54) is 12.1 Å². The van der Waals surface area contributed by atoms with Crippen LogP contribution in [0, 0.1) is 12.7 Å². The van der Waals surface area contributed by atoms with Crippen LogP contribution in [0.3, 0.4) is 0 Å². The Bertz CT molecular complexity index is 766. The summed E-state index contributed by atoms with van der Waals surface area (Å²) in [5, 5.41) is -0.331. The zero-order valence-corrected chi connectivity index (χ0v) is 12.6. The molecule has 110 valence electrons. The van der Waals surface area contributed by atoms with Crippen molar-refractivity contribution in [2.75, 3.05) is 4.90 Å². The highest BCUT2D eigenvalue weighted by Gasteiger charge is 2.36. The largest absolute Gasteiger partial charge is 0.298 e. The van der Waals surface area contributed by atoms with Crippen LogP contribution >= 0.6 is 11.8 Å². The molecule has 1 saturated heterocycles. The second-order valence-corrected chi connectivity index (χ2v) is 5.90. The number of carbonyl (C=O) groups excluding carboxylic acids is 2. The predicted octanol–water partition coefficient (Wildman–Crippen LogP) is 4.38. The molecule has 1 aliphatic rings. The van der Waals surface area contributed by atoms with Crippen molar-refractivity contribution in [3.8, 4) is 0 Å². The second-order valence-electron chi connectivity index (χ2n) is 4.90. The number of hydrogen-bond donors (Lipinski definition) is 0. The van der Waals surface area contributed by atoms with Gasteiger partial charge in [0.05, 0.1) is 10.6 Å². The average Bonchev–Trinajstić information content (AvgIpc) is 2.77. The van der Waals surface area contributed by atoms with Crippen molar-refractivity contribution in [1.29, 1.82) is 0 Å². The van der Waals surface area contributed by atoms with Crippen molar-refractivity contribution in [2.24, 2.45) is 0 Å². The molecule has 5 heteroatoms. The molecule has 0 atom stereocenters. The maximum absolute atomic E-state index is 12.9. The van der Waals surface area contributed by atoms with Gasteiger partial charge in [-0.05, 0) is 54.6 Å². The topological polar surface area (TPSA) is 37.4 Å². The Hall–Kier alpha value is -2.40. The van der Waals surface area contributed by atoms with E-state index in [-0.39, 0.29) is 17.0 Å². The summed E-state index contributed by atoms with van der Waals surface area (Å²) in [5.41, 5.74) is 2.28.